The van der Waals surface area contributed by atoms with Gasteiger partial charge in [-0.25, -0.2) is 0 Å². The van der Waals surface area contributed by atoms with Gasteiger partial charge >= 0.3 is 0 Å². The maximum atomic E-state index is 12.3. The molecule has 1 saturated heterocycles. The summed E-state index contributed by atoms with van der Waals surface area (Å²) in [6, 6.07) is 14.4. The van der Waals surface area contributed by atoms with Crippen LogP contribution in [0.1, 0.15) is 17.5 Å². The Labute approximate surface area is 148 Å². The molecule has 2 aromatic carbocycles. The van der Waals surface area contributed by atoms with Crippen molar-refractivity contribution in [2.24, 2.45) is 0 Å². The van der Waals surface area contributed by atoms with Crippen LogP contribution in [-0.4, -0.2) is 35.3 Å². The van der Waals surface area contributed by atoms with Crippen LogP contribution in [0.2, 0.25) is 0 Å². The van der Waals surface area contributed by atoms with E-state index in [9.17, 15) is 8.42 Å². The van der Waals surface area contributed by atoms with Gasteiger partial charge in [0.15, 0.2) is 0 Å². The lowest BCUT2D eigenvalue weighted by Gasteiger charge is -2.42. The van der Waals surface area contributed by atoms with E-state index in [0.717, 1.165) is 16.9 Å². The fraction of sp³-hybridized carbons (Fsp3) is 0.368. The Morgan fingerprint density at radius 2 is 1.68 bits per heavy atom. The van der Waals surface area contributed by atoms with E-state index in [1.165, 1.54) is 0 Å². The summed E-state index contributed by atoms with van der Waals surface area (Å²) in [5.74, 6) is 0.789. The van der Waals surface area contributed by atoms with E-state index >= 15 is 0 Å². The molecule has 5 nitrogen and oxygen atoms in total. The van der Waals surface area contributed by atoms with Crippen molar-refractivity contribution in [3.05, 3.63) is 59.7 Å². The van der Waals surface area contributed by atoms with Gasteiger partial charge < -0.3 is 9.47 Å². The van der Waals surface area contributed by atoms with Crippen LogP contribution in [-0.2, 0) is 24.5 Å². The summed E-state index contributed by atoms with van der Waals surface area (Å²) in [7, 11) is -2.11. The monoisotopic (exact) mass is 362 g/mol. The largest absolute Gasteiger partial charge is 0.497 e. The van der Waals surface area contributed by atoms with E-state index in [4.69, 9.17) is 13.7 Å². The third-order valence-corrected chi connectivity index (χ3v) is 5.91. The van der Waals surface area contributed by atoms with Crippen LogP contribution >= 0.6 is 0 Å². The van der Waals surface area contributed by atoms with Gasteiger partial charge in [0.25, 0.3) is 10.1 Å². The lowest BCUT2D eigenvalue weighted by Crippen LogP contribution is -2.47. The molecule has 0 atom stereocenters. The molecule has 1 aliphatic rings. The zero-order chi connectivity index (χ0) is 17.9. The van der Waals surface area contributed by atoms with Crippen molar-refractivity contribution in [2.75, 3.05) is 26.9 Å². The molecule has 1 fully saturated rings. The standard InChI is InChI=1S/C19H22O5S/c1-15-3-9-18(10-4-15)25(20,21)24-12-11-19(13-23-14-19)16-5-7-17(22-2)8-6-16/h3-10H,11-14H2,1-2H3. The smallest absolute Gasteiger partial charge is 0.296 e. The Morgan fingerprint density at radius 1 is 1.04 bits per heavy atom. The Kier molecular flexibility index (Phi) is 5.13. The van der Waals surface area contributed by atoms with Crippen molar-refractivity contribution < 1.29 is 22.1 Å². The number of aryl methyl sites for hydroxylation is 1. The minimum Gasteiger partial charge on any atom is -0.497 e. The molecule has 3 rings (SSSR count). The molecular formula is C19H22O5S. The van der Waals surface area contributed by atoms with E-state index in [-0.39, 0.29) is 16.9 Å². The fourth-order valence-electron chi connectivity index (χ4n) is 2.87. The van der Waals surface area contributed by atoms with Crippen LogP contribution in [0.3, 0.4) is 0 Å². The molecule has 0 bridgehead atoms. The summed E-state index contributed by atoms with van der Waals surface area (Å²) >= 11 is 0. The second-order valence-corrected chi connectivity index (χ2v) is 7.96. The number of methoxy groups -OCH3 is 1. The summed E-state index contributed by atoms with van der Waals surface area (Å²) in [4.78, 5) is 0.182. The van der Waals surface area contributed by atoms with Crippen LogP contribution < -0.4 is 4.74 Å². The summed E-state index contributed by atoms with van der Waals surface area (Å²) in [5.41, 5.74) is 1.91. The molecule has 0 unspecified atom stereocenters. The summed E-state index contributed by atoms with van der Waals surface area (Å²) in [6.45, 7) is 3.15. The maximum Gasteiger partial charge on any atom is 0.296 e. The van der Waals surface area contributed by atoms with Gasteiger partial charge in [-0.1, -0.05) is 29.8 Å². The van der Waals surface area contributed by atoms with Crippen LogP contribution in [0.5, 0.6) is 5.75 Å². The highest BCUT2D eigenvalue weighted by molar-refractivity contribution is 7.86. The van der Waals surface area contributed by atoms with E-state index in [2.05, 4.69) is 0 Å². The van der Waals surface area contributed by atoms with Gasteiger partial charge in [-0.15, -0.1) is 0 Å². The van der Waals surface area contributed by atoms with Gasteiger partial charge in [0.2, 0.25) is 0 Å². The number of rotatable bonds is 7. The first-order valence-corrected chi connectivity index (χ1v) is 9.54. The third kappa shape index (κ3) is 3.86. The lowest BCUT2D eigenvalue weighted by atomic mass is 9.76. The quantitative estimate of drug-likeness (QED) is 0.709. The Morgan fingerprint density at radius 3 is 2.20 bits per heavy atom. The molecule has 0 N–H and O–H groups in total. The van der Waals surface area contributed by atoms with Crippen LogP contribution in [0.25, 0.3) is 0 Å². The third-order valence-electron chi connectivity index (χ3n) is 4.59. The fourth-order valence-corrected chi connectivity index (χ4v) is 3.78. The summed E-state index contributed by atoms with van der Waals surface area (Å²) in [6.07, 6.45) is 0.574. The summed E-state index contributed by atoms with van der Waals surface area (Å²) < 4.78 is 40.4. The predicted molar refractivity (Wildman–Crippen MR) is 94.4 cm³/mol. The Balaban J connectivity index is 1.65. The van der Waals surface area contributed by atoms with E-state index in [1.54, 1.807) is 31.4 Å². The number of ether oxygens (including phenoxy) is 2. The molecule has 0 saturated carbocycles. The molecule has 2 aromatic rings. The molecule has 134 valence electrons. The van der Waals surface area contributed by atoms with Crippen molar-refractivity contribution in [3.8, 4) is 5.75 Å². The highest BCUT2D eigenvalue weighted by Crippen LogP contribution is 2.36. The van der Waals surface area contributed by atoms with Crippen LogP contribution in [0.4, 0.5) is 0 Å². The lowest BCUT2D eigenvalue weighted by molar-refractivity contribution is -0.0686. The van der Waals surface area contributed by atoms with Gasteiger partial charge in [0, 0.05) is 5.41 Å². The normalized spacial score (nSPS) is 16.2. The SMILES string of the molecule is COc1ccc(C2(CCOS(=O)(=O)c3ccc(C)cc3)COC2)cc1. The Hall–Kier alpha value is -1.89. The van der Waals surface area contributed by atoms with Gasteiger partial charge in [0.05, 0.1) is 31.8 Å². The zero-order valence-corrected chi connectivity index (χ0v) is 15.2. The first kappa shape index (κ1) is 17.9. The predicted octanol–water partition coefficient (Wildman–Crippen LogP) is 3.07. The molecule has 0 spiro atoms. The first-order chi connectivity index (χ1) is 12.0. The van der Waals surface area contributed by atoms with Gasteiger partial charge in [-0.3, -0.25) is 4.18 Å². The average molecular weight is 362 g/mol. The number of benzene rings is 2. The minimum atomic E-state index is -3.74. The molecule has 0 amide bonds. The summed E-state index contributed by atoms with van der Waals surface area (Å²) in [5, 5.41) is 0. The van der Waals surface area contributed by atoms with E-state index in [1.807, 2.05) is 31.2 Å². The van der Waals surface area contributed by atoms with E-state index < -0.39 is 10.1 Å². The van der Waals surface area contributed by atoms with Crippen LogP contribution in [0, 0.1) is 6.92 Å². The molecule has 0 aromatic heterocycles. The highest BCUT2D eigenvalue weighted by atomic mass is 32.2. The van der Waals surface area contributed by atoms with Crippen LogP contribution in [0.15, 0.2) is 53.4 Å². The van der Waals surface area contributed by atoms with Gasteiger partial charge in [0.1, 0.15) is 5.75 Å². The molecule has 6 heteroatoms. The zero-order valence-electron chi connectivity index (χ0n) is 14.4. The molecule has 0 aliphatic carbocycles. The average Bonchev–Trinajstić information content (AvgIpc) is 2.58. The van der Waals surface area contributed by atoms with E-state index in [0.29, 0.717) is 19.6 Å². The molecular weight excluding hydrogens is 340 g/mol. The van der Waals surface area contributed by atoms with Gasteiger partial charge in [-0.05, 0) is 43.2 Å². The van der Waals surface area contributed by atoms with Crippen molar-refractivity contribution >= 4 is 10.1 Å². The minimum absolute atomic E-state index is 0.117. The highest BCUT2D eigenvalue weighted by Gasteiger charge is 2.40. The van der Waals surface area contributed by atoms with Crippen molar-refractivity contribution in [2.45, 2.75) is 23.7 Å². The number of hydrogen-bond donors (Lipinski definition) is 0. The van der Waals surface area contributed by atoms with Crippen molar-refractivity contribution in [1.82, 2.24) is 0 Å². The van der Waals surface area contributed by atoms with Crippen molar-refractivity contribution in [3.63, 3.8) is 0 Å². The first-order valence-electron chi connectivity index (χ1n) is 8.14. The Bertz CT molecular complexity index is 806. The molecule has 1 aliphatic heterocycles. The number of hydrogen-bond acceptors (Lipinski definition) is 5. The molecule has 25 heavy (non-hydrogen) atoms. The topological polar surface area (TPSA) is 61.8 Å². The van der Waals surface area contributed by atoms with Crippen molar-refractivity contribution in [1.29, 1.82) is 0 Å². The molecule has 1 heterocycles. The second-order valence-electron chi connectivity index (χ2n) is 6.34. The van der Waals surface area contributed by atoms with Gasteiger partial charge in [-0.2, -0.15) is 8.42 Å². The molecule has 0 radical (unpaired) electrons. The second kappa shape index (κ2) is 7.15. The maximum absolute atomic E-state index is 12.3.